The minimum atomic E-state index is 1.23. The van der Waals surface area contributed by atoms with Crippen LogP contribution >= 0.6 is 11.3 Å². The Kier molecular flexibility index (Phi) is 5.58. The summed E-state index contributed by atoms with van der Waals surface area (Å²) < 4.78 is 0. The van der Waals surface area contributed by atoms with Crippen LogP contribution in [0.3, 0.4) is 0 Å². The SMILES string of the molecule is C(=Cc1ccccc1)c1ccccc1.c1cscn1. The maximum Gasteiger partial charge on any atom is 0.0791 e. The standard InChI is InChI=1S/C14H12.C3H3NS/c1-3-7-13(8-4-1)11-12-14-9-5-2-6-10-14;1-2-5-3-4-1/h1-12H;1-3H. The quantitative estimate of drug-likeness (QED) is 0.594. The molecule has 3 rings (SSSR count). The molecular formula is C17H15NS. The molecule has 0 aliphatic carbocycles. The molecule has 2 aromatic carbocycles. The van der Waals surface area contributed by atoms with Crippen LogP contribution in [0, 0.1) is 0 Å². The van der Waals surface area contributed by atoms with E-state index < -0.39 is 0 Å². The van der Waals surface area contributed by atoms with Gasteiger partial charge in [-0.15, -0.1) is 11.3 Å². The molecule has 1 nitrogen and oxygen atoms in total. The first-order valence-corrected chi connectivity index (χ1v) is 7.00. The third-order valence-corrected chi connectivity index (χ3v) is 2.94. The minimum Gasteiger partial charge on any atom is -0.253 e. The predicted molar refractivity (Wildman–Crippen MR) is 83.9 cm³/mol. The molecule has 0 aliphatic rings. The van der Waals surface area contributed by atoms with E-state index in [0.29, 0.717) is 0 Å². The highest BCUT2D eigenvalue weighted by molar-refractivity contribution is 7.07. The second kappa shape index (κ2) is 8.01. The number of hydrogen-bond donors (Lipinski definition) is 0. The van der Waals surface area contributed by atoms with Crippen molar-refractivity contribution in [2.75, 3.05) is 0 Å². The fraction of sp³-hybridized carbons (Fsp3) is 0. The summed E-state index contributed by atoms with van der Waals surface area (Å²) in [6, 6.07) is 20.6. The van der Waals surface area contributed by atoms with E-state index in [0.717, 1.165) is 0 Å². The summed E-state index contributed by atoms with van der Waals surface area (Å²) in [6.07, 6.45) is 6.01. The van der Waals surface area contributed by atoms with Crippen molar-refractivity contribution in [3.05, 3.63) is 88.9 Å². The molecular weight excluding hydrogens is 250 g/mol. The Hall–Kier alpha value is -2.19. The Bertz CT molecular complexity index is 512. The Morgan fingerprint density at radius 3 is 1.58 bits per heavy atom. The van der Waals surface area contributed by atoms with Crippen LogP contribution in [-0.4, -0.2) is 4.98 Å². The Labute approximate surface area is 117 Å². The molecule has 0 bridgehead atoms. The number of benzene rings is 2. The predicted octanol–water partition coefficient (Wildman–Crippen LogP) is 5.00. The average Bonchev–Trinajstić information content (AvgIpc) is 3.07. The van der Waals surface area contributed by atoms with Crippen molar-refractivity contribution in [2.24, 2.45) is 0 Å². The van der Waals surface area contributed by atoms with Crippen LogP contribution in [0.25, 0.3) is 12.2 Å². The molecule has 0 saturated heterocycles. The molecule has 0 amide bonds. The van der Waals surface area contributed by atoms with Gasteiger partial charge >= 0.3 is 0 Å². The van der Waals surface area contributed by atoms with Crippen molar-refractivity contribution in [3.63, 3.8) is 0 Å². The highest BCUT2D eigenvalue weighted by atomic mass is 32.1. The summed E-state index contributed by atoms with van der Waals surface area (Å²) >= 11 is 1.60. The molecule has 1 aromatic heterocycles. The van der Waals surface area contributed by atoms with E-state index in [1.807, 2.05) is 41.8 Å². The van der Waals surface area contributed by atoms with Crippen LogP contribution in [0.1, 0.15) is 11.1 Å². The molecule has 0 atom stereocenters. The summed E-state index contributed by atoms with van der Waals surface area (Å²) in [4.78, 5) is 3.74. The fourth-order valence-electron chi connectivity index (χ4n) is 1.50. The summed E-state index contributed by atoms with van der Waals surface area (Å²) in [6.45, 7) is 0. The smallest absolute Gasteiger partial charge is 0.0791 e. The van der Waals surface area contributed by atoms with Gasteiger partial charge in [-0.05, 0) is 11.1 Å². The molecule has 2 heteroatoms. The summed E-state index contributed by atoms with van der Waals surface area (Å²) in [5.74, 6) is 0. The maximum atomic E-state index is 3.74. The third-order valence-electron chi connectivity index (χ3n) is 2.41. The Morgan fingerprint density at radius 2 is 1.26 bits per heavy atom. The van der Waals surface area contributed by atoms with Gasteiger partial charge in [-0.3, -0.25) is 4.98 Å². The van der Waals surface area contributed by atoms with E-state index >= 15 is 0 Å². The zero-order valence-corrected chi connectivity index (χ0v) is 11.3. The monoisotopic (exact) mass is 265 g/mol. The topological polar surface area (TPSA) is 12.9 Å². The van der Waals surface area contributed by atoms with Gasteiger partial charge in [-0.2, -0.15) is 0 Å². The van der Waals surface area contributed by atoms with Gasteiger partial charge in [0.05, 0.1) is 5.51 Å². The molecule has 19 heavy (non-hydrogen) atoms. The lowest BCUT2D eigenvalue weighted by atomic mass is 10.1. The number of nitrogens with zero attached hydrogens (tertiary/aromatic N) is 1. The van der Waals surface area contributed by atoms with Gasteiger partial charge in [0.25, 0.3) is 0 Å². The van der Waals surface area contributed by atoms with Gasteiger partial charge in [-0.1, -0.05) is 72.8 Å². The van der Waals surface area contributed by atoms with Crippen molar-refractivity contribution in [1.29, 1.82) is 0 Å². The van der Waals surface area contributed by atoms with Gasteiger partial charge in [0.1, 0.15) is 0 Å². The molecule has 0 spiro atoms. The maximum absolute atomic E-state index is 3.74. The van der Waals surface area contributed by atoms with E-state index in [9.17, 15) is 0 Å². The number of aromatic nitrogens is 1. The van der Waals surface area contributed by atoms with Crippen molar-refractivity contribution in [3.8, 4) is 0 Å². The van der Waals surface area contributed by atoms with E-state index in [1.54, 1.807) is 23.0 Å². The van der Waals surface area contributed by atoms with Gasteiger partial charge in [0, 0.05) is 11.6 Å². The largest absolute Gasteiger partial charge is 0.253 e. The zero-order chi connectivity index (χ0) is 13.2. The van der Waals surface area contributed by atoms with Crippen LogP contribution in [0.4, 0.5) is 0 Å². The number of thiazole rings is 1. The molecule has 0 fully saturated rings. The van der Waals surface area contributed by atoms with Crippen molar-refractivity contribution in [1.82, 2.24) is 4.98 Å². The molecule has 94 valence electrons. The lowest BCUT2D eigenvalue weighted by Gasteiger charge is -1.92. The second-order valence-corrected chi connectivity index (χ2v) is 4.59. The molecule has 0 saturated carbocycles. The molecule has 3 aromatic rings. The van der Waals surface area contributed by atoms with Crippen LogP contribution < -0.4 is 0 Å². The van der Waals surface area contributed by atoms with Crippen LogP contribution in [0.15, 0.2) is 77.8 Å². The van der Waals surface area contributed by atoms with Gasteiger partial charge in [0.15, 0.2) is 0 Å². The Balaban J connectivity index is 0.000000224. The molecule has 0 aliphatic heterocycles. The lowest BCUT2D eigenvalue weighted by molar-refractivity contribution is 1.43. The van der Waals surface area contributed by atoms with E-state index in [4.69, 9.17) is 0 Å². The molecule has 0 unspecified atom stereocenters. The van der Waals surface area contributed by atoms with Crippen LogP contribution in [-0.2, 0) is 0 Å². The minimum absolute atomic E-state index is 1.23. The highest BCUT2D eigenvalue weighted by Gasteiger charge is 1.84. The van der Waals surface area contributed by atoms with Crippen molar-refractivity contribution < 1.29 is 0 Å². The zero-order valence-electron chi connectivity index (χ0n) is 10.5. The van der Waals surface area contributed by atoms with E-state index in [-0.39, 0.29) is 0 Å². The highest BCUT2D eigenvalue weighted by Crippen LogP contribution is 2.06. The van der Waals surface area contributed by atoms with E-state index in [1.165, 1.54) is 11.1 Å². The number of rotatable bonds is 2. The van der Waals surface area contributed by atoms with Crippen molar-refractivity contribution in [2.45, 2.75) is 0 Å². The van der Waals surface area contributed by atoms with Gasteiger partial charge in [0.2, 0.25) is 0 Å². The summed E-state index contributed by atoms with van der Waals surface area (Å²) in [5.41, 5.74) is 4.26. The molecule has 1 heterocycles. The first-order valence-electron chi connectivity index (χ1n) is 6.05. The van der Waals surface area contributed by atoms with Gasteiger partial charge < -0.3 is 0 Å². The molecule has 0 N–H and O–H groups in total. The summed E-state index contributed by atoms with van der Waals surface area (Å²) in [7, 11) is 0. The number of hydrogen-bond acceptors (Lipinski definition) is 2. The van der Waals surface area contributed by atoms with Crippen molar-refractivity contribution >= 4 is 23.5 Å². The average molecular weight is 265 g/mol. The second-order valence-electron chi connectivity index (χ2n) is 3.83. The lowest BCUT2D eigenvalue weighted by Crippen LogP contribution is -1.70. The normalized spacial score (nSPS) is 9.89. The van der Waals surface area contributed by atoms with Crippen LogP contribution in [0.5, 0.6) is 0 Å². The third kappa shape index (κ3) is 5.32. The van der Waals surface area contributed by atoms with Gasteiger partial charge in [-0.25, -0.2) is 0 Å². The first kappa shape index (κ1) is 13.2. The first-order chi connectivity index (χ1) is 9.45. The van der Waals surface area contributed by atoms with E-state index in [2.05, 4.69) is 41.4 Å². The Morgan fingerprint density at radius 1 is 0.737 bits per heavy atom. The van der Waals surface area contributed by atoms with Crippen LogP contribution in [0.2, 0.25) is 0 Å². The fourth-order valence-corrected chi connectivity index (χ4v) is 1.85. The summed E-state index contributed by atoms with van der Waals surface area (Å²) in [5, 5.41) is 1.93. The molecule has 0 radical (unpaired) electrons.